The van der Waals surface area contributed by atoms with Crippen LogP contribution in [-0.4, -0.2) is 38.3 Å². The molecule has 3 heterocycles. The molecule has 0 saturated heterocycles. The van der Waals surface area contributed by atoms with Gasteiger partial charge in [0, 0.05) is 17.8 Å². The molecule has 0 saturated carbocycles. The molecule has 186 valence electrons. The molecule has 36 heavy (non-hydrogen) atoms. The van der Waals surface area contributed by atoms with Gasteiger partial charge in [-0.05, 0) is 42.2 Å². The molecular weight excluding hydrogens is 477 g/mol. The monoisotopic (exact) mass is 498 g/mol. The molecule has 0 fully saturated rings. The number of pyridine rings is 1. The lowest BCUT2D eigenvalue weighted by Crippen LogP contribution is -2.32. The number of nitrogens with zero attached hydrogens (tertiary/aromatic N) is 4. The van der Waals surface area contributed by atoms with Gasteiger partial charge in [0.05, 0.1) is 17.3 Å². The molecule has 0 spiro atoms. The van der Waals surface area contributed by atoms with E-state index >= 15 is 0 Å². The minimum atomic E-state index is -4.94. The SMILES string of the molecule is Cc1ccc(N2C(=O)C(O)=C(C(=O)c3ccc(C(C)C)cc3)[C@@H]2c2ccc(OC(F)(F)F)nc2)nn1. The van der Waals surface area contributed by atoms with Gasteiger partial charge in [0.2, 0.25) is 5.88 Å². The van der Waals surface area contributed by atoms with Crippen LogP contribution in [0.4, 0.5) is 19.0 Å². The van der Waals surface area contributed by atoms with E-state index in [0.29, 0.717) is 5.69 Å². The van der Waals surface area contributed by atoms with Crippen molar-refractivity contribution in [3.8, 4) is 5.88 Å². The van der Waals surface area contributed by atoms with Crippen LogP contribution in [0.3, 0.4) is 0 Å². The summed E-state index contributed by atoms with van der Waals surface area (Å²) in [5.41, 5.74) is 1.68. The minimum Gasteiger partial charge on any atom is -0.503 e. The van der Waals surface area contributed by atoms with Gasteiger partial charge in [-0.2, -0.15) is 5.10 Å². The Bertz CT molecular complexity index is 1320. The van der Waals surface area contributed by atoms with E-state index in [9.17, 15) is 27.9 Å². The quantitative estimate of drug-likeness (QED) is 0.478. The Morgan fingerprint density at radius 2 is 1.75 bits per heavy atom. The van der Waals surface area contributed by atoms with Gasteiger partial charge in [0.25, 0.3) is 5.91 Å². The first-order valence-corrected chi connectivity index (χ1v) is 10.9. The Morgan fingerprint density at radius 1 is 1.06 bits per heavy atom. The Morgan fingerprint density at radius 3 is 2.28 bits per heavy atom. The van der Waals surface area contributed by atoms with Crippen LogP contribution >= 0.6 is 0 Å². The van der Waals surface area contributed by atoms with Crippen molar-refractivity contribution in [1.29, 1.82) is 0 Å². The van der Waals surface area contributed by atoms with Crippen LogP contribution in [0.1, 0.15) is 53.0 Å². The van der Waals surface area contributed by atoms with Crippen molar-refractivity contribution in [1.82, 2.24) is 15.2 Å². The van der Waals surface area contributed by atoms with Gasteiger partial charge >= 0.3 is 6.36 Å². The van der Waals surface area contributed by atoms with Gasteiger partial charge < -0.3 is 9.84 Å². The number of halogens is 3. The average Bonchev–Trinajstić information content (AvgIpc) is 3.09. The summed E-state index contributed by atoms with van der Waals surface area (Å²) in [6, 6.07) is 10.8. The molecule has 2 aromatic heterocycles. The number of rotatable bonds is 6. The highest BCUT2D eigenvalue weighted by molar-refractivity contribution is 6.20. The Hall–Kier alpha value is -4.28. The molecule has 1 aliphatic rings. The van der Waals surface area contributed by atoms with E-state index in [4.69, 9.17) is 0 Å². The number of anilines is 1. The predicted octanol–water partition coefficient (Wildman–Crippen LogP) is 4.98. The van der Waals surface area contributed by atoms with E-state index in [2.05, 4.69) is 19.9 Å². The number of ketones is 1. The molecule has 4 rings (SSSR count). The van der Waals surface area contributed by atoms with Crippen molar-refractivity contribution in [2.24, 2.45) is 0 Å². The lowest BCUT2D eigenvalue weighted by molar-refractivity contribution is -0.276. The summed E-state index contributed by atoms with van der Waals surface area (Å²) in [7, 11) is 0. The highest BCUT2D eigenvalue weighted by Gasteiger charge is 2.45. The maximum atomic E-state index is 13.5. The summed E-state index contributed by atoms with van der Waals surface area (Å²) in [5.74, 6) is -2.79. The highest BCUT2D eigenvalue weighted by atomic mass is 19.4. The molecule has 1 N–H and O–H groups in total. The second-order valence-electron chi connectivity index (χ2n) is 8.46. The average molecular weight is 498 g/mol. The fraction of sp³-hybridized carbons (Fsp3) is 0.240. The van der Waals surface area contributed by atoms with Crippen molar-refractivity contribution in [2.75, 3.05) is 4.90 Å². The second kappa shape index (κ2) is 9.40. The first-order chi connectivity index (χ1) is 17.0. The zero-order valence-electron chi connectivity index (χ0n) is 19.4. The number of ether oxygens (including phenoxy) is 1. The number of Topliss-reactive ketones (excluding diaryl/α,β-unsaturated/α-hetero) is 1. The number of alkyl halides is 3. The molecule has 1 atom stereocenters. The molecule has 1 amide bonds. The van der Waals surface area contributed by atoms with Gasteiger partial charge in [-0.1, -0.05) is 38.1 Å². The van der Waals surface area contributed by atoms with Crippen LogP contribution in [-0.2, 0) is 4.79 Å². The zero-order valence-corrected chi connectivity index (χ0v) is 19.4. The standard InChI is InChI=1S/C25H21F3N4O4/c1-13(2)15-5-7-16(8-6-15)22(33)20-21(17-9-11-19(29-12-17)36-25(26,27)28)32(24(35)23(20)34)18-10-4-14(3)30-31-18/h4-13,21,34H,1-3H3/t21-/m0/s1. The number of aromatic nitrogens is 3. The van der Waals surface area contributed by atoms with E-state index in [1.807, 2.05) is 13.8 Å². The minimum absolute atomic E-state index is 0.0377. The van der Waals surface area contributed by atoms with E-state index in [1.54, 1.807) is 37.3 Å². The molecule has 1 aliphatic heterocycles. The summed E-state index contributed by atoms with van der Waals surface area (Å²) >= 11 is 0. The number of aliphatic hydroxyl groups is 1. The summed E-state index contributed by atoms with van der Waals surface area (Å²) < 4.78 is 41.6. The van der Waals surface area contributed by atoms with Crippen LogP contribution in [0.2, 0.25) is 0 Å². The van der Waals surface area contributed by atoms with Crippen LogP contribution in [0, 0.1) is 6.92 Å². The molecule has 0 aliphatic carbocycles. The third kappa shape index (κ3) is 4.90. The first-order valence-electron chi connectivity index (χ1n) is 10.9. The van der Waals surface area contributed by atoms with Crippen LogP contribution in [0.25, 0.3) is 0 Å². The van der Waals surface area contributed by atoms with Crippen molar-refractivity contribution < 1.29 is 32.6 Å². The summed E-state index contributed by atoms with van der Waals surface area (Å²) in [6.07, 6.45) is -3.90. The predicted molar refractivity (Wildman–Crippen MR) is 122 cm³/mol. The Labute approximate surface area is 204 Å². The van der Waals surface area contributed by atoms with Crippen molar-refractivity contribution in [2.45, 2.75) is 39.1 Å². The summed E-state index contributed by atoms with van der Waals surface area (Å²) in [6.45, 7) is 5.68. The molecule has 0 bridgehead atoms. The molecular formula is C25H21F3N4O4. The van der Waals surface area contributed by atoms with Gasteiger partial charge in [0.15, 0.2) is 17.4 Å². The number of benzene rings is 1. The first kappa shape index (κ1) is 24.8. The largest absolute Gasteiger partial charge is 0.574 e. The number of amides is 1. The number of carbonyl (C=O) groups excluding carboxylic acids is 2. The molecule has 1 aromatic carbocycles. The number of aryl methyl sites for hydroxylation is 1. The summed E-state index contributed by atoms with van der Waals surface area (Å²) in [5, 5.41) is 18.7. The number of carbonyl (C=O) groups is 2. The second-order valence-corrected chi connectivity index (χ2v) is 8.46. The molecule has 0 unspecified atom stereocenters. The van der Waals surface area contributed by atoms with E-state index in [-0.39, 0.29) is 28.4 Å². The number of hydrogen-bond acceptors (Lipinski definition) is 7. The Balaban J connectivity index is 1.79. The third-order valence-corrected chi connectivity index (χ3v) is 5.62. The zero-order chi connectivity index (χ0) is 26.2. The lowest BCUT2D eigenvalue weighted by atomic mass is 9.92. The van der Waals surface area contributed by atoms with Crippen LogP contribution in [0.5, 0.6) is 5.88 Å². The molecule has 0 radical (unpaired) electrons. The molecule has 8 nitrogen and oxygen atoms in total. The van der Waals surface area contributed by atoms with Crippen LogP contribution in [0.15, 0.2) is 66.1 Å². The van der Waals surface area contributed by atoms with Gasteiger partial charge in [-0.3, -0.25) is 14.5 Å². The van der Waals surface area contributed by atoms with Crippen molar-refractivity contribution >= 4 is 17.5 Å². The highest BCUT2D eigenvalue weighted by Crippen LogP contribution is 2.41. The number of aliphatic hydroxyl groups excluding tert-OH is 1. The van der Waals surface area contributed by atoms with E-state index in [0.717, 1.165) is 22.7 Å². The normalized spacial score (nSPS) is 16.1. The van der Waals surface area contributed by atoms with Gasteiger partial charge in [0.1, 0.15) is 0 Å². The van der Waals surface area contributed by atoms with Gasteiger partial charge in [-0.25, -0.2) is 4.98 Å². The van der Waals surface area contributed by atoms with Crippen molar-refractivity contribution in [3.63, 3.8) is 0 Å². The third-order valence-electron chi connectivity index (χ3n) is 5.62. The van der Waals surface area contributed by atoms with E-state index < -0.39 is 35.7 Å². The lowest BCUT2D eigenvalue weighted by Gasteiger charge is -2.25. The van der Waals surface area contributed by atoms with Crippen LogP contribution < -0.4 is 9.64 Å². The molecule has 3 aromatic rings. The van der Waals surface area contributed by atoms with E-state index in [1.165, 1.54) is 12.1 Å². The smallest absolute Gasteiger partial charge is 0.503 e. The Kier molecular flexibility index (Phi) is 6.49. The number of hydrogen-bond donors (Lipinski definition) is 1. The fourth-order valence-electron chi connectivity index (χ4n) is 3.82. The maximum absolute atomic E-state index is 13.5. The fourth-order valence-corrected chi connectivity index (χ4v) is 3.82. The maximum Gasteiger partial charge on any atom is 0.574 e. The van der Waals surface area contributed by atoms with Crippen molar-refractivity contribution in [3.05, 3.63) is 88.4 Å². The van der Waals surface area contributed by atoms with Gasteiger partial charge in [-0.15, -0.1) is 18.3 Å². The topological polar surface area (TPSA) is 106 Å². The molecule has 11 heteroatoms. The summed E-state index contributed by atoms with van der Waals surface area (Å²) in [4.78, 5) is 31.4.